The molecule has 1 aliphatic rings. The molecular weight excluding hydrogens is 310 g/mol. The summed E-state index contributed by atoms with van der Waals surface area (Å²) in [4.78, 5) is 37.8. The number of carboxylic acid groups (broad SMARTS) is 1. The fourth-order valence-electron chi connectivity index (χ4n) is 2.82. The van der Waals surface area contributed by atoms with Crippen LogP contribution in [-0.2, 0) is 9.53 Å². The summed E-state index contributed by atoms with van der Waals surface area (Å²) in [6, 6.07) is 3.88. The molecule has 0 spiro atoms. The fourth-order valence-corrected chi connectivity index (χ4v) is 2.82. The number of carbonyl (C=O) groups is 3. The number of amides is 1. The Hall–Kier alpha value is -2.37. The van der Waals surface area contributed by atoms with Crippen molar-refractivity contribution in [3.63, 3.8) is 0 Å². The monoisotopic (exact) mass is 333 g/mol. The Morgan fingerprint density at radius 3 is 2.38 bits per heavy atom. The lowest BCUT2D eigenvalue weighted by atomic mass is 10.0. The molecular formula is C18H23NO5. The van der Waals surface area contributed by atoms with Crippen LogP contribution >= 0.6 is 0 Å². The van der Waals surface area contributed by atoms with E-state index in [0.717, 1.165) is 0 Å². The van der Waals surface area contributed by atoms with Crippen molar-refractivity contribution in [2.75, 3.05) is 6.54 Å². The number of rotatable bonds is 3. The standard InChI is InChI=1S/C18H23NO5/c1-11-8-12(10-13(9-11)16(21)22)15(20)19-7-5-6-14(19)17(23)24-18(2,3)4/h8-10,14H,5-7H2,1-4H3,(H,21,22)/t14-/m0/s1. The first-order chi connectivity index (χ1) is 11.1. The summed E-state index contributed by atoms with van der Waals surface area (Å²) in [5.74, 6) is -1.84. The number of carbonyl (C=O) groups excluding carboxylic acids is 2. The van der Waals surface area contributed by atoms with Crippen molar-refractivity contribution in [2.45, 2.75) is 52.2 Å². The zero-order valence-corrected chi connectivity index (χ0v) is 14.5. The van der Waals surface area contributed by atoms with Gasteiger partial charge >= 0.3 is 11.9 Å². The third-order valence-corrected chi connectivity index (χ3v) is 3.76. The molecule has 1 N–H and O–H groups in total. The molecule has 0 radical (unpaired) electrons. The van der Waals surface area contributed by atoms with E-state index in [4.69, 9.17) is 9.84 Å². The number of esters is 1. The molecule has 1 saturated heterocycles. The summed E-state index contributed by atoms with van der Waals surface area (Å²) >= 11 is 0. The average Bonchev–Trinajstić information content (AvgIpc) is 2.93. The Labute approximate surface area is 141 Å². The van der Waals surface area contributed by atoms with E-state index in [1.165, 1.54) is 17.0 Å². The summed E-state index contributed by atoms with van der Waals surface area (Å²) in [5, 5.41) is 9.15. The Morgan fingerprint density at radius 2 is 1.79 bits per heavy atom. The molecule has 6 nitrogen and oxygen atoms in total. The first-order valence-electron chi connectivity index (χ1n) is 7.97. The van der Waals surface area contributed by atoms with Crippen molar-refractivity contribution in [1.29, 1.82) is 0 Å². The first-order valence-corrected chi connectivity index (χ1v) is 7.97. The molecule has 0 aromatic heterocycles. The van der Waals surface area contributed by atoms with Gasteiger partial charge in [-0.15, -0.1) is 0 Å². The van der Waals surface area contributed by atoms with Gasteiger partial charge < -0.3 is 14.7 Å². The van der Waals surface area contributed by atoms with Crippen LogP contribution in [0.15, 0.2) is 18.2 Å². The SMILES string of the molecule is Cc1cc(C(=O)O)cc(C(=O)N2CCC[C@H]2C(=O)OC(C)(C)C)c1. The molecule has 6 heteroatoms. The van der Waals surface area contributed by atoms with Gasteiger partial charge in [-0.25, -0.2) is 9.59 Å². The predicted octanol–water partition coefficient (Wildman–Crippen LogP) is 2.64. The molecule has 1 fully saturated rings. The van der Waals surface area contributed by atoms with E-state index in [0.29, 0.717) is 24.9 Å². The lowest BCUT2D eigenvalue weighted by Gasteiger charge is -2.27. The molecule has 0 saturated carbocycles. The summed E-state index contributed by atoms with van der Waals surface area (Å²) in [6.45, 7) is 7.54. The number of aromatic carboxylic acids is 1. The number of hydrogen-bond donors (Lipinski definition) is 1. The van der Waals surface area contributed by atoms with Gasteiger partial charge in [0.2, 0.25) is 0 Å². The maximum Gasteiger partial charge on any atom is 0.335 e. The second-order valence-electron chi connectivity index (χ2n) is 7.08. The normalized spacial score (nSPS) is 17.7. The van der Waals surface area contributed by atoms with Crippen LogP contribution in [0.5, 0.6) is 0 Å². The van der Waals surface area contributed by atoms with E-state index < -0.39 is 23.6 Å². The van der Waals surface area contributed by atoms with Crippen LogP contribution in [0.4, 0.5) is 0 Å². The molecule has 1 amide bonds. The van der Waals surface area contributed by atoms with Gasteiger partial charge in [-0.05, 0) is 64.3 Å². The Bertz CT molecular complexity index is 674. The van der Waals surface area contributed by atoms with Crippen molar-refractivity contribution in [2.24, 2.45) is 0 Å². The van der Waals surface area contributed by atoms with Crippen LogP contribution in [0.3, 0.4) is 0 Å². The average molecular weight is 333 g/mol. The van der Waals surface area contributed by atoms with Crippen molar-refractivity contribution in [1.82, 2.24) is 4.90 Å². The lowest BCUT2D eigenvalue weighted by Crippen LogP contribution is -2.43. The number of aryl methyl sites for hydroxylation is 1. The first kappa shape index (κ1) is 18.0. The van der Waals surface area contributed by atoms with E-state index in [1.54, 1.807) is 33.8 Å². The molecule has 1 aromatic carbocycles. The van der Waals surface area contributed by atoms with E-state index in [1.807, 2.05) is 0 Å². The second-order valence-corrected chi connectivity index (χ2v) is 7.08. The minimum absolute atomic E-state index is 0.0614. The minimum Gasteiger partial charge on any atom is -0.478 e. The summed E-state index contributed by atoms with van der Waals surface area (Å²) in [5.41, 5.74) is 0.411. The van der Waals surface area contributed by atoms with Gasteiger partial charge in [0.25, 0.3) is 5.91 Å². The molecule has 24 heavy (non-hydrogen) atoms. The largest absolute Gasteiger partial charge is 0.478 e. The van der Waals surface area contributed by atoms with Crippen LogP contribution in [0.2, 0.25) is 0 Å². The molecule has 130 valence electrons. The number of ether oxygens (including phenoxy) is 1. The second kappa shape index (κ2) is 6.63. The highest BCUT2D eigenvalue weighted by atomic mass is 16.6. The highest BCUT2D eigenvalue weighted by Crippen LogP contribution is 2.24. The van der Waals surface area contributed by atoms with Crippen molar-refractivity contribution in [3.8, 4) is 0 Å². The number of carboxylic acids is 1. The number of likely N-dealkylation sites (tertiary alicyclic amines) is 1. The van der Waals surface area contributed by atoms with Crippen molar-refractivity contribution < 1.29 is 24.2 Å². The van der Waals surface area contributed by atoms with Crippen LogP contribution in [-0.4, -0.2) is 46.0 Å². The highest BCUT2D eigenvalue weighted by molar-refractivity contribution is 5.99. The number of hydrogen-bond acceptors (Lipinski definition) is 4. The molecule has 0 unspecified atom stereocenters. The van der Waals surface area contributed by atoms with E-state index >= 15 is 0 Å². The Kier molecular flexibility index (Phi) is 4.96. The van der Waals surface area contributed by atoms with E-state index in [-0.39, 0.29) is 17.0 Å². The smallest absolute Gasteiger partial charge is 0.335 e. The molecule has 2 rings (SSSR count). The Morgan fingerprint density at radius 1 is 1.17 bits per heavy atom. The van der Waals surface area contributed by atoms with Gasteiger partial charge in [0.05, 0.1) is 5.56 Å². The minimum atomic E-state index is -1.09. The van der Waals surface area contributed by atoms with Gasteiger partial charge in [0, 0.05) is 12.1 Å². The van der Waals surface area contributed by atoms with Gasteiger partial charge in [-0.1, -0.05) is 0 Å². The molecule has 1 aliphatic heterocycles. The molecule has 0 aliphatic carbocycles. The van der Waals surface area contributed by atoms with Gasteiger partial charge in [-0.2, -0.15) is 0 Å². The van der Waals surface area contributed by atoms with Gasteiger partial charge in [0.1, 0.15) is 11.6 Å². The summed E-state index contributed by atoms with van der Waals surface area (Å²) in [7, 11) is 0. The van der Waals surface area contributed by atoms with Crippen molar-refractivity contribution >= 4 is 17.8 Å². The number of nitrogens with zero attached hydrogens (tertiary/aromatic N) is 1. The molecule has 0 bridgehead atoms. The topological polar surface area (TPSA) is 83.9 Å². The molecule has 1 aromatic rings. The maximum absolute atomic E-state index is 12.8. The number of benzene rings is 1. The molecule has 1 heterocycles. The quantitative estimate of drug-likeness (QED) is 0.860. The fraction of sp³-hybridized carbons (Fsp3) is 0.500. The van der Waals surface area contributed by atoms with Crippen LogP contribution in [0.25, 0.3) is 0 Å². The van der Waals surface area contributed by atoms with Crippen LogP contribution in [0.1, 0.15) is 59.9 Å². The van der Waals surface area contributed by atoms with E-state index in [9.17, 15) is 14.4 Å². The zero-order chi connectivity index (χ0) is 18.1. The third kappa shape index (κ3) is 4.13. The van der Waals surface area contributed by atoms with Gasteiger partial charge in [-0.3, -0.25) is 4.79 Å². The maximum atomic E-state index is 12.8. The van der Waals surface area contributed by atoms with Crippen LogP contribution < -0.4 is 0 Å². The van der Waals surface area contributed by atoms with E-state index in [2.05, 4.69) is 0 Å². The van der Waals surface area contributed by atoms with Gasteiger partial charge in [0.15, 0.2) is 0 Å². The third-order valence-electron chi connectivity index (χ3n) is 3.76. The lowest BCUT2D eigenvalue weighted by molar-refractivity contribution is -0.159. The van der Waals surface area contributed by atoms with Crippen LogP contribution in [0, 0.1) is 6.92 Å². The summed E-state index contributed by atoms with van der Waals surface area (Å²) in [6.07, 6.45) is 1.27. The molecule has 1 atom stereocenters. The Balaban J connectivity index is 2.25. The van der Waals surface area contributed by atoms with Crippen molar-refractivity contribution in [3.05, 3.63) is 34.9 Å². The predicted molar refractivity (Wildman–Crippen MR) is 88.0 cm³/mol. The zero-order valence-electron chi connectivity index (χ0n) is 14.5. The highest BCUT2D eigenvalue weighted by Gasteiger charge is 2.37. The summed E-state index contributed by atoms with van der Waals surface area (Å²) < 4.78 is 5.40.